The Hall–Kier alpha value is -0.340. The third-order valence-electron chi connectivity index (χ3n) is 4.70. The second-order valence-electron chi connectivity index (χ2n) is 6.61. The second kappa shape index (κ2) is 5.11. The standard InChI is InChI=1S/C15H28N2/c1-12-5-4-8-15(2,3)14(12)11-17-9-6-13(16)7-10-17/h13H,4-11,16H2,1-3H3. The molecule has 1 heterocycles. The predicted molar refractivity (Wildman–Crippen MR) is 74.0 cm³/mol. The van der Waals surface area contributed by atoms with Crippen LogP contribution in [0.15, 0.2) is 11.1 Å². The van der Waals surface area contributed by atoms with Crippen LogP contribution in [0.25, 0.3) is 0 Å². The van der Waals surface area contributed by atoms with Crippen molar-refractivity contribution in [2.45, 2.75) is 58.9 Å². The molecule has 1 aliphatic heterocycles. The average Bonchev–Trinajstić information content (AvgIpc) is 2.26. The first-order chi connectivity index (χ1) is 7.99. The molecule has 2 rings (SSSR count). The Morgan fingerprint density at radius 1 is 1.29 bits per heavy atom. The lowest BCUT2D eigenvalue weighted by Gasteiger charge is -2.39. The number of hydrogen-bond acceptors (Lipinski definition) is 2. The number of nitrogens with zero attached hydrogens (tertiary/aromatic N) is 1. The number of piperidine rings is 1. The molecule has 0 atom stereocenters. The fourth-order valence-electron chi connectivity index (χ4n) is 3.36. The molecular formula is C15H28N2. The largest absolute Gasteiger partial charge is 0.328 e. The maximum absolute atomic E-state index is 5.97. The van der Waals surface area contributed by atoms with Gasteiger partial charge in [-0.05, 0) is 57.5 Å². The summed E-state index contributed by atoms with van der Waals surface area (Å²) in [6.45, 7) is 10.7. The van der Waals surface area contributed by atoms with Crippen molar-refractivity contribution in [1.82, 2.24) is 4.90 Å². The van der Waals surface area contributed by atoms with E-state index in [1.54, 1.807) is 11.1 Å². The van der Waals surface area contributed by atoms with Gasteiger partial charge in [-0.15, -0.1) is 0 Å². The number of allylic oxidation sites excluding steroid dienone is 1. The Balaban J connectivity index is 2.01. The molecule has 2 heteroatoms. The fraction of sp³-hybridized carbons (Fsp3) is 0.867. The smallest absolute Gasteiger partial charge is 0.0200 e. The zero-order valence-corrected chi connectivity index (χ0v) is 11.8. The van der Waals surface area contributed by atoms with Gasteiger partial charge >= 0.3 is 0 Å². The van der Waals surface area contributed by atoms with Gasteiger partial charge in [-0.2, -0.15) is 0 Å². The molecule has 17 heavy (non-hydrogen) atoms. The SMILES string of the molecule is CC1=C(CN2CCC(N)CC2)C(C)(C)CCC1. The van der Waals surface area contributed by atoms with Crippen LogP contribution in [0.4, 0.5) is 0 Å². The van der Waals surface area contributed by atoms with E-state index in [0.29, 0.717) is 11.5 Å². The molecule has 0 amide bonds. The van der Waals surface area contributed by atoms with Crippen molar-refractivity contribution in [2.75, 3.05) is 19.6 Å². The molecule has 1 aliphatic carbocycles. The third-order valence-corrected chi connectivity index (χ3v) is 4.70. The van der Waals surface area contributed by atoms with Gasteiger partial charge in [0.15, 0.2) is 0 Å². The van der Waals surface area contributed by atoms with Crippen LogP contribution < -0.4 is 5.73 Å². The van der Waals surface area contributed by atoms with E-state index < -0.39 is 0 Å². The van der Waals surface area contributed by atoms with Crippen LogP contribution in [0.2, 0.25) is 0 Å². The zero-order chi connectivity index (χ0) is 12.5. The van der Waals surface area contributed by atoms with Crippen LogP contribution in [0.1, 0.15) is 52.9 Å². The first-order valence-electron chi connectivity index (χ1n) is 7.16. The Morgan fingerprint density at radius 3 is 2.53 bits per heavy atom. The molecule has 0 aromatic carbocycles. The number of rotatable bonds is 2. The van der Waals surface area contributed by atoms with Gasteiger partial charge in [-0.3, -0.25) is 4.90 Å². The van der Waals surface area contributed by atoms with Gasteiger partial charge in [0.2, 0.25) is 0 Å². The molecule has 0 unspecified atom stereocenters. The van der Waals surface area contributed by atoms with Gasteiger partial charge in [0.1, 0.15) is 0 Å². The minimum Gasteiger partial charge on any atom is -0.328 e. The van der Waals surface area contributed by atoms with Crippen LogP contribution in [0.3, 0.4) is 0 Å². The minimum atomic E-state index is 0.419. The van der Waals surface area contributed by atoms with Crippen molar-refractivity contribution >= 4 is 0 Å². The summed E-state index contributed by atoms with van der Waals surface area (Å²) < 4.78 is 0. The lowest BCUT2D eigenvalue weighted by Crippen LogP contribution is -2.42. The Labute approximate surface area is 106 Å². The summed E-state index contributed by atoms with van der Waals surface area (Å²) in [5.74, 6) is 0. The Bertz CT molecular complexity index is 296. The summed E-state index contributed by atoms with van der Waals surface area (Å²) in [4.78, 5) is 2.61. The van der Waals surface area contributed by atoms with E-state index in [0.717, 1.165) is 0 Å². The molecule has 2 nitrogen and oxygen atoms in total. The van der Waals surface area contributed by atoms with E-state index in [-0.39, 0.29) is 0 Å². The van der Waals surface area contributed by atoms with E-state index in [1.165, 1.54) is 51.7 Å². The highest BCUT2D eigenvalue weighted by Gasteiger charge is 2.30. The van der Waals surface area contributed by atoms with E-state index in [9.17, 15) is 0 Å². The van der Waals surface area contributed by atoms with Gasteiger partial charge in [0.05, 0.1) is 0 Å². The molecule has 0 aromatic rings. The molecule has 2 N–H and O–H groups in total. The highest BCUT2D eigenvalue weighted by atomic mass is 15.1. The highest BCUT2D eigenvalue weighted by Crippen LogP contribution is 2.40. The van der Waals surface area contributed by atoms with Crippen LogP contribution in [-0.2, 0) is 0 Å². The van der Waals surface area contributed by atoms with Crippen LogP contribution in [0.5, 0.6) is 0 Å². The molecule has 2 aliphatic rings. The summed E-state index contributed by atoms with van der Waals surface area (Å²) in [5.41, 5.74) is 9.75. The summed E-state index contributed by atoms with van der Waals surface area (Å²) in [7, 11) is 0. The molecule has 1 saturated heterocycles. The second-order valence-corrected chi connectivity index (χ2v) is 6.61. The van der Waals surface area contributed by atoms with Crippen molar-refractivity contribution in [2.24, 2.45) is 11.1 Å². The van der Waals surface area contributed by atoms with Crippen molar-refractivity contribution in [3.05, 3.63) is 11.1 Å². The molecule has 0 bridgehead atoms. The van der Waals surface area contributed by atoms with Crippen LogP contribution >= 0.6 is 0 Å². The van der Waals surface area contributed by atoms with Crippen molar-refractivity contribution in [3.63, 3.8) is 0 Å². The maximum Gasteiger partial charge on any atom is 0.0200 e. The van der Waals surface area contributed by atoms with Crippen molar-refractivity contribution in [1.29, 1.82) is 0 Å². The molecule has 0 saturated carbocycles. The van der Waals surface area contributed by atoms with Crippen LogP contribution in [0, 0.1) is 5.41 Å². The first-order valence-corrected chi connectivity index (χ1v) is 7.16. The Morgan fingerprint density at radius 2 is 1.94 bits per heavy atom. The number of hydrogen-bond donors (Lipinski definition) is 1. The van der Waals surface area contributed by atoms with Crippen molar-refractivity contribution in [3.8, 4) is 0 Å². The monoisotopic (exact) mass is 236 g/mol. The van der Waals surface area contributed by atoms with E-state index in [1.807, 2.05) is 0 Å². The van der Waals surface area contributed by atoms with E-state index in [2.05, 4.69) is 25.7 Å². The summed E-state index contributed by atoms with van der Waals surface area (Å²) in [5, 5.41) is 0. The lowest BCUT2D eigenvalue weighted by atomic mass is 9.72. The maximum atomic E-state index is 5.97. The van der Waals surface area contributed by atoms with Gasteiger partial charge in [-0.25, -0.2) is 0 Å². The van der Waals surface area contributed by atoms with Gasteiger partial charge in [0.25, 0.3) is 0 Å². The quantitative estimate of drug-likeness (QED) is 0.747. The minimum absolute atomic E-state index is 0.419. The van der Waals surface area contributed by atoms with Crippen molar-refractivity contribution < 1.29 is 0 Å². The van der Waals surface area contributed by atoms with Gasteiger partial charge < -0.3 is 5.73 Å². The molecule has 0 radical (unpaired) electrons. The molecular weight excluding hydrogens is 208 g/mol. The van der Waals surface area contributed by atoms with E-state index in [4.69, 9.17) is 5.73 Å². The molecule has 0 aromatic heterocycles. The summed E-state index contributed by atoms with van der Waals surface area (Å²) >= 11 is 0. The van der Waals surface area contributed by atoms with Crippen LogP contribution in [-0.4, -0.2) is 30.6 Å². The molecule has 1 fully saturated rings. The highest BCUT2D eigenvalue weighted by molar-refractivity contribution is 5.24. The van der Waals surface area contributed by atoms with E-state index >= 15 is 0 Å². The van der Waals surface area contributed by atoms with Gasteiger partial charge in [0, 0.05) is 12.6 Å². The fourth-order valence-corrected chi connectivity index (χ4v) is 3.36. The average molecular weight is 236 g/mol. The summed E-state index contributed by atoms with van der Waals surface area (Å²) in [6.07, 6.45) is 6.38. The summed E-state index contributed by atoms with van der Waals surface area (Å²) in [6, 6.07) is 0.445. The number of likely N-dealkylation sites (tertiary alicyclic amines) is 1. The predicted octanol–water partition coefficient (Wildman–Crippen LogP) is 2.94. The lowest BCUT2D eigenvalue weighted by molar-refractivity contribution is 0.208. The Kier molecular flexibility index (Phi) is 3.94. The first kappa shape index (κ1) is 13.1. The van der Waals surface area contributed by atoms with Gasteiger partial charge in [-0.1, -0.05) is 25.0 Å². The topological polar surface area (TPSA) is 29.3 Å². The third kappa shape index (κ3) is 3.11. The zero-order valence-electron chi connectivity index (χ0n) is 11.8. The number of nitrogens with two attached hydrogens (primary N) is 1. The normalized spacial score (nSPS) is 27.5. The molecule has 0 spiro atoms. The molecule has 98 valence electrons.